The van der Waals surface area contributed by atoms with Gasteiger partial charge in [0.25, 0.3) is 0 Å². The van der Waals surface area contributed by atoms with Gasteiger partial charge in [0.15, 0.2) is 0 Å². The summed E-state index contributed by atoms with van der Waals surface area (Å²) >= 11 is 0. The number of aliphatic carboxylic acids is 1. The molecule has 3 rings (SSSR count). The van der Waals surface area contributed by atoms with Crippen molar-refractivity contribution in [1.29, 1.82) is 0 Å². The van der Waals surface area contributed by atoms with E-state index < -0.39 is 5.97 Å². The van der Waals surface area contributed by atoms with E-state index in [1.165, 1.54) is 12.8 Å². The quantitative estimate of drug-likeness (QED) is 0.831. The van der Waals surface area contributed by atoms with Gasteiger partial charge in [-0.2, -0.15) is 0 Å². The van der Waals surface area contributed by atoms with Crippen LogP contribution in [0.5, 0.6) is 0 Å². The van der Waals surface area contributed by atoms with E-state index >= 15 is 0 Å². The van der Waals surface area contributed by atoms with Gasteiger partial charge in [-0.1, -0.05) is 0 Å². The molecule has 2 aliphatic heterocycles. The standard InChI is InChI=1S/C15H25NO4/c17-14(18)3-7-16(12-1-2-12)13-4-8-20-15(11-13)5-9-19-10-6-15/h12-13H,1-11H2,(H,17,18). The maximum absolute atomic E-state index is 10.9. The lowest BCUT2D eigenvalue weighted by Gasteiger charge is -2.46. The van der Waals surface area contributed by atoms with Gasteiger partial charge in [-0.05, 0) is 38.5 Å². The first-order chi connectivity index (χ1) is 9.69. The minimum atomic E-state index is -0.691. The highest BCUT2D eigenvalue weighted by atomic mass is 16.5. The van der Waals surface area contributed by atoms with Gasteiger partial charge in [0.2, 0.25) is 0 Å². The predicted molar refractivity (Wildman–Crippen MR) is 73.7 cm³/mol. The Hall–Kier alpha value is -0.650. The molecule has 20 heavy (non-hydrogen) atoms. The first-order valence-corrected chi connectivity index (χ1v) is 7.88. The number of hydrogen-bond donors (Lipinski definition) is 1. The van der Waals surface area contributed by atoms with Crippen molar-refractivity contribution < 1.29 is 19.4 Å². The van der Waals surface area contributed by atoms with Crippen molar-refractivity contribution in [3.63, 3.8) is 0 Å². The highest BCUT2D eigenvalue weighted by molar-refractivity contribution is 5.66. The lowest BCUT2D eigenvalue weighted by atomic mass is 9.83. The molecule has 3 aliphatic rings. The van der Waals surface area contributed by atoms with Crippen LogP contribution < -0.4 is 0 Å². The van der Waals surface area contributed by atoms with Crippen LogP contribution in [0.1, 0.15) is 44.9 Å². The summed E-state index contributed by atoms with van der Waals surface area (Å²) in [6.45, 7) is 3.09. The maximum atomic E-state index is 10.9. The molecule has 1 aliphatic carbocycles. The lowest BCUT2D eigenvalue weighted by molar-refractivity contribution is -0.153. The zero-order chi connectivity index (χ0) is 14.0. The molecule has 0 aromatic carbocycles. The molecule has 1 N–H and O–H groups in total. The zero-order valence-corrected chi connectivity index (χ0v) is 12.1. The van der Waals surface area contributed by atoms with Crippen molar-refractivity contribution in [1.82, 2.24) is 4.90 Å². The Morgan fingerprint density at radius 2 is 1.90 bits per heavy atom. The van der Waals surface area contributed by atoms with Crippen molar-refractivity contribution in [2.45, 2.75) is 62.6 Å². The van der Waals surface area contributed by atoms with Crippen LogP contribution in [-0.2, 0) is 14.3 Å². The molecule has 5 heteroatoms. The van der Waals surface area contributed by atoms with Crippen molar-refractivity contribution in [3.05, 3.63) is 0 Å². The average Bonchev–Trinajstić information content (AvgIpc) is 3.24. The van der Waals surface area contributed by atoms with Gasteiger partial charge in [-0.25, -0.2) is 0 Å². The number of rotatable bonds is 5. The van der Waals surface area contributed by atoms with Gasteiger partial charge in [-0.3, -0.25) is 9.69 Å². The highest BCUT2D eigenvalue weighted by Gasteiger charge is 2.43. The largest absolute Gasteiger partial charge is 0.481 e. The molecule has 0 radical (unpaired) electrons. The summed E-state index contributed by atoms with van der Waals surface area (Å²) in [5.74, 6) is -0.691. The van der Waals surface area contributed by atoms with E-state index in [2.05, 4.69) is 4.90 Å². The van der Waals surface area contributed by atoms with E-state index in [1.54, 1.807) is 0 Å². The summed E-state index contributed by atoms with van der Waals surface area (Å²) in [6.07, 6.45) is 6.78. The second-order valence-corrected chi connectivity index (χ2v) is 6.40. The molecule has 0 amide bonds. The Balaban J connectivity index is 1.62. The Bertz CT molecular complexity index is 344. The molecule has 114 valence electrons. The first kappa shape index (κ1) is 14.3. The van der Waals surface area contributed by atoms with Gasteiger partial charge >= 0.3 is 5.97 Å². The molecule has 1 unspecified atom stereocenters. The first-order valence-electron chi connectivity index (χ1n) is 7.88. The van der Waals surface area contributed by atoms with Crippen LogP contribution in [0.2, 0.25) is 0 Å². The van der Waals surface area contributed by atoms with Crippen molar-refractivity contribution in [2.75, 3.05) is 26.4 Å². The molecule has 3 fully saturated rings. The summed E-state index contributed by atoms with van der Waals surface area (Å²) in [5, 5.41) is 8.94. The van der Waals surface area contributed by atoms with E-state index in [0.717, 1.165) is 45.5 Å². The number of carboxylic acid groups (broad SMARTS) is 1. The Morgan fingerprint density at radius 3 is 2.55 bits per heavy atom. The second-order valence-electron chi connectivity index (χ2n) is 6.40. The fourth-order valence-electron chi connectivity index (χ4n) is 3.67. The summed E-state index contributed by atoms with van der Waals surface area (Å²) in [5.41, 5.74) is -0.00245. The summed E-state index contributed by atoms with van der Waals surface area (Å²) in [4.78, 5) is 13.3. The molecule has 1 atom stereocenters. The van der Waals surface area contributed by atoms with Gasteiger partial charge in [-0.15, -0.1) is 0 Å². The summed E-state index contributed by atoms with van der Waals surface area (Å²) < 4.78 is 11.5. The molecule has 0 aromatic rings. The monoisotopic (exact) mass is 283 g/mol. The van der Waals surface area contributed by atoms with E-state index in [0.29, 0.717) is 18.6 Å². The lowest BCUT2D eigenvalue weighted by Crippen LogP contribution is -2.52. The number of nitrogens with zero attached hydrogens (tertiary/aromatic N) is 1. The number of ether oxygens (including phenoxy) is 2. The van der Waals surface area contributed by atoms with Crippen LogP contribution in [0.15, 0.2) is 0 Å². The van der Waals surface area contributed by atoms with Crippen LogP contribution in [0, 0.1) is 0 Å². The van der Waals surface area contributed by atoms with E-state index in [-0.39, 0.29) is 12.0 Å². The molecule has 0 aromatic heterocycles. The Kier molecular flexibility index (Phi) is 4.29. The van der Waals surface area contributed by atoms with Crippen LogP contribution >= 0.6 is 0 Å². The van der Waals surface area contributed by atoms with Crippen molar-refractivity contribution in [3.8, 4) is 0 Å². The van der Waals surface area contributed by atoms with Crippen LogP contribution in [0.4, 0.5) is 0 Å². The number of hydrogen-bond acceptors (Lipinski definition) is 4. The molecular weight excluding hydrogens is 258 g/mol. The number of carboxylic acids is 1. The molecule has 5 nitrogen and oxygen atoms in total. The average molecular weight is 283 g/mol. The van der Waals surface area contributed by atoms with Crippen LogP contribution in [0.25, 0.3) is 0 Å². The van der Waals surface area contributed by atoms with Crippen LogP contribution in [0.3, 0.4) is 0 Å². The smallest absolute Gasteiger partial charge is 0.304 e. The molecule has 1 saturated carbocycles. The van der Waals surface area contributed by atoms with Crippen molar-refractivity contribution in [2.24, 2.45) is 0 Å². The van der Waals surface area contributed by atoms with Gasteiger partial charge < -0.3 is 14.6 Å². The van der Waals surface area contributed by atoms with E-state index in [4.69, 9.17) is 14.6 Å². The number of carbonyl (C=O) groups is 1. The normalized spacial score (nSPS) is 29.8. The van der Waals surface area contributed by atoms with Crippen LogP contribution in [-0.4, -0.2) is 60.0 Å². The van der Waals surface area contributed by atoms with Gasteiger partial charge in [0.05, 0.1) is 12.0 Å². The third-order valence-corrected chi connectivity index (χ3v) is 4.94. The minimum Gasteiger partial charge on any atom is -0.481 e. The predicted octanol–water partition coefficient (Wildman–Crippen LogP) is 1.65. The molecule has 0 bridgehead atoms. The van der Waals surface area contributed by atoms with E-state index in [9.17, 15) is 4.79 Å². The fourth-order valence-corrected chi connectivity index (χ4v) is 3.67. The van der Waals surface area contributed by atoms with Gasteiger partial charge in [0, 0.05) is 38.4 Å². The van der Waals surface area contributed by atoms with Gasteiger partial charge in [0.1, 0.15) is 0 Å². The summed E-state index contributed by atoms with van der Waals surface area (Å²) in [7, 11) is 0. The molecule has 1 spiro atoms. The SMILES string of the molecule is O=C(O)CCN(C1CC1)C1CCOC2(CCOCC2)C1. The van der Waals surface area contributed by atoms with E-state index in [1.807, 2.05) is 0 Å². The maximum Gasteiger partial charge on any atom is 0.304 e. The third-order valence-electron chi connectivity index (χ3n) is 4.94. The fraction of sp³-hybridized carbons (Fsp3) is 0.933. The highest BCUT2D eigenvalue weighted by Crippen LogP contribution is 2.39. The third kappa shape index (κ3) is 3.32. The molecular formula is C15H25NO4. The molecule has 2 saturated heterocycles. The minimum absolute atomic E-state index is 0.00245. The second kappa shape index (κ2) is 6.00. The Labute approximate surface area is 120 Å². The molecule has 2 heterocycles. The zero-order valence-electron chi connectivity index (χ0n) is 12.1. The Morgan fingerprint density at radius 1 is 1.15 bits per heavy atom. The topological polar surface area (TPSA) is 59.0 Å². The summed E-state index contributed by atoms with van der Waals surface area (Å²) in [6, 6.07) is 1.11. The van der Waals surface area contributed by atoms with Crippen molar-refractivity contribution >= 4 is 5.97 Å².